The van der Waals surface area contributed by atoms with Gasteiger partial charge in [-0.3, -0.25) is 19.2 Å². The van der Waals surface area contributed by atoms with Crippen molar-refractivity contribution in [3.05, 3.63) is 91.9 Å². The maximum Gasteiger partial charge on any atom is 0.271 e. The SMILES string of the molecule is CN(CCn1c2c(c(=O)n1Cc1ccc(Cl)cc1)CN(Cc1cc(F)cc(F)c1)CC2)C(=O)CO. The topological polar surface area (TPSA) is 70.7 Å². The van der Waals surface area contributed by atoms with E-state index in [4.69, 9.17) is 16.7 Å². The van der Waals surface area contributed by atoms with Gasteiger partial charge in [0.1, 0.15) is 18.2 Å². The Morgan fingerprint density at radius 3 is 2.40 bits per heavy atom. The molecule has 0 radical (unpaired) electrons. The van der Waals surface area contributed by atoms with E-state index in [1.54, 1.807) is 23.9 Å². The minimum Gasteiger partial charge on any atom is -0.387 e. The van der Waals surface area contributed by atoms with Crippen molar-refractivity contribution in [3.63, 3.8) is 0 Å². The average Bonchev–Trinajstić information content (AvgIpc) is 3.08. The maximum atomic E-state index is 13.6. The number of hydrogen-bond donors (Lipinski definition) is 1. The van der Waals surface area contributed by atoms with E-state index in [0.29, 0.717) is 61.8 Å². The molecular formula is C25H27ClF2N4O3. The Bertz CT molecular complexity index is 1250. The van der Waals surface area contributed by atoms with E-state index in [1.807, 2.05) is 21.7 Å². The summed E-state index contributed by atoms with van der Waals surface area (Å²) in [6.45, 7) is 1.75. The van der Waals surface area contributed by atoms with Crippen LogP contribution in [-0.2, 0) is 37.4 Å². The Kier molecular flexibility index (Phi) is 7.69. The molecule has 0 saturated carbocycles. The molecule has 1 aliphatic rings. The number of aromatic nitrogens is 2. The quantitative estimate of drug-likeness (QED) is 0.512. The maximum absolute atomic E-state index is 13.6. The van der Waals surface area contributed by atoms with E-state index in [-0.39, 0.29) is 5.56 Å². The van der Waals surface area contributed by atoms with Crippen LogP contribution in [0.4, 0.5) is 8.78 Å². The van der Waals surface area contributed by atoms with Gasteiger partial charge in [-0.2, -0.15) is 0 Å². The Hall–Kier alpha value is -3.01. The molecule has 3 aromatic rings. The zero-order valence-corrected chi connectivity index (χ0v) is 20.1. The van der Waals surface area contributed by atoms with Crippen LogP contribution in [0.1, 0.15) is 22.4 Å². The smallest absolute Gasteiger partial charge is 0.271 e. The summed E-state index contributed by atoms with van der Waals surface area (Å²) < 4.78 is 30.9. The van der Waals surface area contributed by atoms with Crippen molar-refractivity contribution >= 4 is 17.5 Å². The number of carbonyl (C=O) groups excluding carboxylic acids is 1. The van der Waals surface area contributed by atoms with Crippen LogP contribution in [0.15, 0.2) is 47.3 Å². The lowest BCUT2D eigenvalue weighted by atomic mass is 10.1. The number of carbonyl (C=O) groups is 1. The molecule has 35 heavy (non-hydrogen) atoms. The lowest BCUT2D eigenvalue weighted by molar-refractivity contribution is -0.133. The summed E-state index contributed by atoms with van der Waals surface area (Å²) in [5.41, 5.74) is 2.80. The van der Waals surface area contributed by atoms with Gasteiger partial charge in [0.15, 0.2) is 0 Å². The Morgan fingerprint density at radius 1 is 1.06 bits per heavy atom. The number of aliphatic hydroxyl groups is 1. The lowest BCUT2D eigenvalue weighted by Gasteiger charge is -2.27. The highest BCUT2D eigenvalue weighted by Gasteiger charge is 2.27. The third-order valence-corrected chi connectivity index (χ3v) is 6.52. The molecule has 10 heteroatoms. The molecule has 1 N–H and O–H groups in total. The molecule has 0 aliphatic carbocycles. The zero-order valence-electron chi connectivity index (χ0n) is 19.4. The molecule has 0 saturated heterocycles. The van der Waals surface area contributed by atoms with Gasteiger partial charge in [-0.15, -0.1) is 0 Å². The predicted octanol–water partition coefficient (Wildman–Crippen LogP) is 2.64. The number of fused-ring (bicyclic) bond motifs is 1. The molecule has 1 aliphatic heterocycles. The second kappa shape index (κ2) is 10.7. The highest BCUT2D eigenvalue weighted by molar-refractivity contribution is 6.30. The fourth-order valence-corrected chi connectivity index (χ4v) is 4.58. The standard InChI is InChI=1S/C25H27ClF2N4O3/c1-29(24(34)16-33)8-9-31-23-6-7-30(13-18-10-20(27)12-21(28)11-18)15-22(23)25(35)32(31)14-17-2-4-19(26)5-3-17/h2-5,10-12,33H,6-9,13-16H2,1H3. The van der Waals surface area contributed by atoms with Crippen molar-refractivity contribution < 1.29 is 18.7 Å². The Labute approximate surface area is 206 Å². The molecular weight excluding hydrogens is 478 g/mol. The van der Waals surface area contributed by atoms with Crippen LogP contribution in [0.5, 0.6) is 0 Å². The minimum atomic E-state index is -0.629. The summed E-state index contributed by atoms with van der Waals surface area (Å²) in [6, 6.07) is 10.7. The molecule has 0 spiro atoms. The fraction of sp³-hybridized carbons (Fsp3) is 0.360. The van der Waals surface area contributed by atoms with Crippen LogP contribution >= 0.6 is 11.6 Å². The van der Waals surface area contributed by atoms with E-state index in [9.17, 15) is 18.4 Å². The number of benzene rings is 2. The third kappa shape index (κ3) is 5.80. The van der Waals surface area contributed by atoms with Crippen molar-refractivity contribution in [1.82, 2.24) is 19.2 Å². The molecule has 186 valence electrons. The molecule has 0 bridgehead atoms. The number of halogens is 3. The zero-order chi connectivity index (χ0) is 25.1. The Morgan fingerprint density at radius 2 is 1.74 bits per heavy atom. The Balaban J connectivity index is 1.62. The minimum absolute atomic E-state index is 0.138. The van der Waals surface area contributed by atoms with Gasteiger partial charge in [0.05, 0.1) is 18.7 Å². The number of amides is 1. The van der Waals surface area contributed by atoms with Gasteiger partial charge in [-0.25, -0.2) is 13.5 Å². The molecule has 0 atom stereocenters. The van der Waals surface area contributed by atoms with Crippen LogP contribution in [-0.4, -0.2) is 56.9 Å². The van der Waals surface area contributed by atoms with Gasteiger partial charge >= 0.3 is 0 Å². The molecule has 4 rings (SSSR count). The predicted molar refractivity (Wildman–Crippen MR) is 128 cm³/mol. The van der Waals surface area contributed by atoms with E-state index in [0.717, 1.165) is 17.3 Å². The first-order valence-corrected chi connectivity index (χ1v) is 11.7. The molecule has 0 fully saturated rings. The summed E-state index contributed by atoms with van der Waals surface area (Å²) in [5, 5.41) is 9.74. The van der Waals surface area contributed by atoms with Crippen molar-refractivity contribution in [2.45, 2.75) is 32.6 Å². The second-order valence-corrected chi connectivity index (χ2v) is 9.19. The van der Waals surface area contributed by atoms with Gasteiger partial charge < -0.3 is 10.0 Å². The van der Waals surface area contributed by atoms with Crippen LogP contribution in [0.2, 0.25) is 5.02 Å². The van der Waals surface area contributed by atoms with Gasteiger partial charge in [0.2, 0.25) is 5.91 Å². The highest BCUT2D eigenvalue weighted by Crippen LogP contribution is 2.21. The second-order valence-electron chi connectivity index (χ2n) is 8.75. The lowest BCUT2D eigenvalue weighted by Crippen LogP contribution is -2.35. The summed E-state index contributed by atoms with van der Waals surface area (Å²) >= 11 is 6.01. The van der Waals surface area contributed by atoms with E-state index >= 15 is 0 Å². The van der Waals surface area contributed by atoms with E-state index in [1.165, 1.54) is 17.0 Å². The fourth-order valence-electron chi connectivity index (χ4n) is 4.46. The third-order valence-electron chi connectivity index (χ3n) is 6.27. The van der Waals surface area contributed by atoms with Gasteiger partial charge in [-0.1, -0.05) is 23.7 Å². The molecule has 1 amide bonds. The van der Waals surface area contributed by atoms with E-state index < -0.39 is 24.1 Å². The van der Waals surface area contributed by atoms with Crippen LogP contribution in [0.3, 0.4) is 0 Å². The average molecular weight is 505 g/mol. The van der Waals surface area contributed by atoms with E-state index in [2.05, 4.69) is 0 Å². The van der Waals surface area contributed by atoms with Crippen molar-refractivity contribution in [2.75, 3.05) is 26.7 Å². The molecule has 0 unspecified atom stereocenters. The number of hydrogen-bond acceptors (Lipinski definition) is 4. The number of nitrogens with zero attached hydrogens (tertiary/aromatic N) is 4. The molecule has 2 aromatic carbocycles. The van der Waals surface area contributed by atoms with Crippen LogP contribution in [0.25, 0.3) is 0 Å². The largest absolute Gasteiger partial charge is 0.387 e. The van der Waals surface area contributed by atoms with Crippen LogP contribution in [0, 0.1) is 11.6 Å². The summed E-state index contributed by atoms with van der Waals surface area (Å²) in [4.78, 5) is 28.7. The highest BCUT2D eigenvalue weighted by atomic mass is 35.5. The molecule has 7 nitrogen and oxygen atoms in total. The first kappa shape index (κ1) is 25.1. The number of likely N-dealkylation sites (N-methyl/N-ethyl adjacent to an activating group) is 1. The number of aliphatic hydroxyl groups excluding tert-OH is 1. The van der Waals surface area contributed by atoms with Gasteiger partial charge in [0.25, 0.3) is 5.56 Å². The summed E-state index contributed by atoms with van der Waals surface area (Å²) in [5.74, 6) is -1.66. The van der Waals surface area contributed by atoms with Crippen molar-refractivity contribution in [3.8, 4) is 0 Å². The van der Waals surface area contributed by atoms with Gasteiger partial charge in [0, 0.05) is 56.4 Å². The monoisotopic (exact) mass is 504 g/mol. The van der Waals surface area contributed by atoms with Crippen molar-refractivity contribution in [1.29, 1.82) is 0 Å². The summed E-state index contributed by atoms with van der Waals surface area (Å²) in [6.07, 6.45) is 0.577. The van der Waals surface area contributed by atoms with Crippen LogP contribution < -0.4 is 5.56 Å². The molecule has 2 heterocycles. The first-order chi connectivity index (χ1) is 16.7. The normalized spacial score (nSPS) is 13.6. The molecule has 1 aromatic heterocycles. The first-order valence-electron chi connectivity index (χ1n) is 11.3. The van der Waals surface area contributed by atoms with Gasteiger partial charge in [-0.05, 0) is 35.4 Å². The summed E-state index contributed by atoms with van der Waals surface area (Å²) in [7, 11) is 1.61. The van der Waals surface area contributed by atoms with Crippen molar-refractivity contribution in [2.24, 2.45) is 0 Å². The number of rotatable bonds is 8.